The van der Waals surface area contributed by atoms with Crippen molar-refractivity contribution in [3.8, 4) is 0 Å². The van der Waals surface area contributed by atoms with E-state index in [9.17, 15) is 0 Å². The largest absolute Gasteiger partial charge is 0.273 e. The number of benzene rings is 1. The fraction of sp³-hybridized carbons (Fsp3) is 0.273. The van der Waals surface area contributed by atoms with E-state index < -0.39 is 0 Å². The summed E-state index contributed by atoms with van der Waals surface area (Å²) < 4.78 is 0. The molecule has 0 bridgehead atoms. The highest BCUT2D eigenvalue weighted by Crippen LogP contribution is 2.38. The van der Waals surface area contributed by atoms with Crippen LogP contribution in [0.4, 0.5) is 5.69 Å². The predicted octanol–water partition coefficient (Wildman–Crippen LogP) is 4.03. The minimum absolute atomic E-state index is 0.193. The number of halogens is 2. The SMILES string of the molecule is CC1(C)C=Cc2ccc(Cl)c(Cl)c2[N]1. The van der Waals surface area contributed by atoms with E-state index in [4.69, 9.17) is 23.2 Å². The summed E-state index contributed by atoms with van der Waals surface area (Å²) in [7, 11) is 0. The lowest BCUT2D eigenvalue weighted by atomic mass is 9.97. The second-order valence-electron chi connectivity index (χ2n) is 3.90. The average molecular weight is 227 g/mol. The van der Waals surface area contributed by atoms with Crippen LogP contribution in [0.3, 0.4) is 0 Å². The van der Waals surface area contributed by atoms with E-state index in [-0.39, 0.29) is 5.54 Å². The van der Waals surface area contributed by atoms with E-state index in [1.54, 1.807) is 6.07 Å². The summed E-state index contributed by atoms with van der Waals surface area (Å²) in [6, 6.07) is 3.72. The normalized spacial score (nSPS) is 17.4. The van der Waals surface area contributed by atoms with Crippen molar-refractivity contribution < 1.29 is 0 Å². The summed E-state index contributed by atoms with van der Waals surface area (Å²) in [4.78, 5) is 0. The summed E-state index contributed by atoms with van der Waals surface area (Å²) in [6.45, 7) is 4.06. The number of rotatable bonds is 0. The number of hydrogen-bond donors (Lipinski definition) is 0. The molecule has 0 saturated carbocycles. The van der Waals surface area contributed by atoms with E-state index in [1.165, 1.54) is 0 Å². The van der Waals surface area contributed by atoms with Gasteiger partial charge in [0.1, 0.15) is 0 Å². The molecule has 1 aromatic carbocycles. The maximum absolute atomic E-state index is 6.08. The maximum atomic E-state index is 6.08. The van der Waals surface area contributed by atoms with Gasteiger partial charge in [0.05, 0.1) is 21.3 Å². The summed E-state index contributed by atoms with van der Waals surface area (Å²) >= 11 is 12.0. The quantitative estimate of drug-likeness (QED) is 0.635. The predicted molar refractivity (Wildman–Crippen MR) is 61.4 cm³/mol. The van der Waals surface area contributed by atoms with Crippen molar-refractivity contribution in [2.45, 2.75) is 19.4 Å². The van der Waals surface area contributed by atoms with Crippen LogP contribution in [0.2, 0.25) is 10.0 Å². The van der Waals surface area contributed by atoms with Crippen LogP contribution in [0.5, 0.6) is 0 Å². The standard InChI is InChI=1S/C11H10Cl2N/c1-11(2)6-5-7-3-4-8(12)9(13)10(7)14-11/h3-6H,1-2H3. The Morgan fingerprint density at radius 2 is 1.93 bits per heavy atom. The lowest BCUT2D eigenvalue weighted by Crippen LogP contribution is -2.29. The highest BCUT2D eigenvalue weighted by atomic mass is 35.5. The van der Waals surface area contributed by atoms with Gasteiger partial charge >= 0.3 is 0 Å². The van der Waals surface area contributed by atoms with Crippen molar-refractivity contribution in [3.05, 3.63) is 33.8 Å². The van der Waals surface area contributed by atoms with Crippen LogP contribution >= 0.6 is 23.2 Å². The van der Waals surface area contributed by atoms with Gasteiger partial charge in [0.15, 0.2) is 0 Å². The first-order valence-corrected chi connectivity index (χ1v) is 5.15. The van der Waals surface area contributed by atoms with Gasteiger partial charge in [-0.05, 0) is 19.9 Å². The first-order valence-electron chi connectivity index (χ1n) is 4.40. The smallest absolute Gasteiger partial charge is 0.0858 e. The van der Waals surface area contributed by atoms with E-state index in [1.807, 2.05) is 26.0 Å². The molecule has 0 aliphatic carbocycles. The van der Waals surface area contributed by atoms with Crippen molar-refractivity contribution in [1.29, 1.82) is 0 Å². The molecule has 0 unspecified atom stereocenters. The van der Waals surface area contributed by atoms with Crippen LogP contribution in [0.1, 0.15) is 19.4 Å². The molecular weight excluding hydrogens is 217 g/mol. The molecular formula is C11H10Cl2N. The Hall–Kier alpha value is -0.660. The van der Waals surface area contributed by atoms with Crippen molar-refractivity contribution in [2.24, 2.45) is 0 Å². The van der Waals surface area contributed by atoms with Crippen molar-refractivity contribution >= 4 is 35.0 Å². The van der Waals surface area contributed by atoms with Crippen molar-refractivity contribution in [3.63, 3.8) is 0 Å². The summed E-state index contributed by atoms with van der Waals surface area (Å²) in [5, 5.41) is 5.63. The van der Waals surface area contributed by atoms with E-state index >= 15 is 0 Å². The molecule has 0 fully saturated rings. The highest BCUT2D eigenvalue weighted by molar-refractivity contribution is 6.43. The topological polar surface area (TPSA) is 14.1 Å². The molecule has 2 rings (SSSR count). The second kappa shape index (κ2) is 3.18. The van der Waals surface area contributed by atoms with Crippen LogP contribution in [0.25, 0.3) is 6.08 Å². The summed E-state index contributed by atoms with van der Waals surface area (Å²) in [5.41, 5.74) is 1.63. The Labute approximate surface area is 93.7 Å². The Balaban J connectivity index is 2.58. The first kappa shape index (κ1) is 9.88. The fourth-order valence-corrected chi connectivity index (χ4v) is 1.79. The van der Waals surface area contributed by atoms with Crippen LogP contribution in [0.15, 0.2) is 18.2 Å². The van der Waals surface area contributed by atoms with Crippen LogP contribution < -0.4 is 5.32 Å². The van der Waals surface area contributed by atoms with Gasteiger partial charge in [-0.25, -0.2) is 0 Å². The van der Waals surface area contributed by atoms with Crippen LogP contribution in [-0.4, -0.2) is 5.54 Å². The van der Waals surface area contributed by atoms with Gasteiger partial charge in [-0.15, -0.1) is 0 Å². The molecule has 0 spiro atoms. The average Bonchev–Trinajstić information content (AvgIpc) is 2.11. The third-order valence-electron chi connectivity index (χ3n) is 2.17. The minimum atomic E-state index is -0.193. The molecule has 3 heteroatoms. The molecule has 1 heterocycles. The molecule has 0 saturated heterocycles. The van der Waals surface area contributed by atoms with Gasteiger partial charge in [0, 0.05) is 5.56 Å². The number of fused-ring (bicyclic) bond motifs is 1. The lowest BCUT2D eigenvalue weighted by molar-refractivity contribution is 0.547. The zero-order valence-corrected chi connectivity index (χ0v) is 9.52. The van der Waals surface area contributed by atoms with Crippen LogP contribution in [0, 0.1) is 0 Å². The molecule has 1 radical (unpaired) electrons. The molecule has 0 amide bonds. The monoisotopic (exact) mass is 226 g/mol. The Morgan fingerprint density at radius 1 is 1.21 bits per heavy atom. The molecule has 14 heavy (non-hydrogen) atoms. The Kier molecular flexibility index (Phi) is 2.24. The molecule has 1 aliphatic rings. The highest BCUT2D eigenvalue weighted by Gasteiger charge is 2.23. The Bertz CT molecular complexity index is 408. The maximum Gasteiger partial charge on any atom is 0.0858 e. The fourth-order valence-electron chi connectivity index (χ4n) is 1.42. The van der Waals surface area contributed by atoms with Gasteiger partial charge in [-0.1, -0.05) is 41.4 Å². The molecule has 1 nitrogen and oxygen atoms in total. The van der Waals surface area contributed by atoms with Gasteiger partial charge in [-0.2, -0.15) is 0 Å². The van der Waals surface area contributed by atoms with Crippen LogP contribution in [-0.2, 0) is 0 Å². The molecule has 73 valence electrons. The molecule has 1 aliphatic heterocycles. The van der Waals surface area contributed by atoms with Crippen molar-refractivity contribution in [2.75, 3.05) is 0 Å². The zero-order chi connectivity index (χ0) is 10.3. The van der Waals surface area contributed by atoms with Gasteiger partial charge in [0.2, 0.25) is 0 Å². The number of hydrogen-bond acceptors (Lipinski definition) is 0. The summed E-state index contributed by atoms with van der Waals surface area (Å²) in [5.74, 6) is 0. The Morgan fingerprint density at radius 3 is 2.64 bits per heavy atom. The van der Waals surface area contributed by atoms with Crippen molar-refractivity contribution in [1.82, 2.24) is 5.32 Å². The van der Waals surface area contributed by atoms with E-state index in [2.05, 4.69) is 11.4 Å². The van der Waals surface area contributed by atoms with E-state index in [0.29, 0.717) is 10.0 Å². The lowest BCUT2D eigenvalue weighted by Gasteiger charge is -2.26. The molecule has 0 aromatic heterocycles. The number of nitrogens with zero attached hydrogens (tertiary/aromatic N) is 1. The van der Waals surface area contributed by atoms with Gasteiger partial charge < -0.3 is 0 Å². The molecule has 1 aromatic rings. The summed E-state index contributed by atoms with van der Waals surface area (Å²) in [6.07, 6.45) is 4.09. The molecule has 0 atom stereocenters. The second-order valence-corrected chi connectivity index (χ2v) is 4.68. The van der Waals surface area contributed by atoms with Gasteiger partial charge in [-0.3, -0.25) is 5.32 Å². The first-order chi connectivity index (χ1) is 6.49. The minimum Gasteiger partial charge on any atom is -0.273 e. The molecule has 0 N–H and O–H groups in total. The third kappa shape index (κ3) is 1.62. The van der Waals surface area contributed by atoms with E-state index in [0.717, 1.165) is 11.3 Å². The zero-order valence-electron chi connectivity index (χ0n) is 8.01. The third-order valence-corrected chi connectivity index (χ3v) is 2.97. The van der Waals surface area contributed by atoms with Gasteiger partial charge in [0.25, 0.3) is 0 Å².